The van der Waals surface area contributed by atoms with Gasteiger partial charge in [0.05, 0.1) is 11.1 Å². The lowest BCUT2D eigenvalue weighted by molar-refractivity contribution is -0.140. The van der Waals surface area contributed by atoms with Crippen LogP contribution in [0.2, 0.25) is 0 Å². The second-order valence-electron chi connectivity index (χ2n) is 4.32. The topological polar surface area (TPSA) is 66.4 Å². The van der Waals surface area contributed by atoms with Gasteiger partial charge in [-0.05, 0) is 18.6 Å². The summed E-state index contributed by atoms with van der Waals surface area (Å²) in [7, 11) is 0. The van der Waals surface area contributed by atoms with Crippen LogP contribution in [-0.4, -0.2) is 23.0 Å². The van der Waals surface area contributed by atoms with Gasteiger partial charge in [-0.1, -0.05) is 19.4 Å². The molecule has 0 aliphatic carbocycles. The summed E-state index contributed by atoms with van der Waals surface area (Å²) in [4.78, 5) is 22.6. The number of hydrogen-bond acceptors (Lipinski definition) is 2. The molecule has 0 aromatic heterocycles. The highest BCUT2D eigenvalue weighted by molar-refractivity contribution is 5.97. The van der Waals surface area contributed by atoms with Crippen molar-refractivity contribution in [1.82, 2.24) is 5.32 Å². The fourth-order valence-corrected chi connectivity index (χ4v) is 1.71. The number of hydrogen-bond donors (Lipinski definition) is 2. The molecule has 1 aromatic carbocycles. The Hall–Kier alpha value is -2.12. The quantitative estimate of drug-likeness (QED) is 0.822. The van der Waals surface area contributed by atoms with Crippen molar-refractivity contribution < 1.29 is 32.3 Å². The highest BCUT2D eigenvalue weighted by atomic mass is 19.4. The first-order chi connectivity index (χ1) is 9.68. The molecule has 8 heteroatoms. The molecule has 0 fully saturated rings. The highest BCUT2D eigenvalue weighted by Gasteiger charge is 2.36. The van der Waals surface area contributed by atoms with E-state index in [0.717, 1.165) is 12.1 Å². The molecule has 1 aromatic rings. The Morgan fingerprint density at radius 2 is 1.95 bits per heavy atom. The maximum atomic E-state index is 13.7. The van der Waals surface area contributed by atoms with Crippen molar-refractivity contribution in [1.29, 1.82) is 0 Å². The number of amides is 1. The van der Waals surface area contributed by atoms with E-state index >= 15 is 0 Å². The lowest BCUT2D eigenvalue weighted by Crippen LogP contribution is -2.41. The number of nitrogens with one attached hydrogen (secondary N) is 1. The number of rotatable bonds is 5. The molecule has 1 amide bonds. The predicted molar refractivity (Wildman–Crippen MR) is 65.2 cm³/mol. The van der Waals surface area contributed by atoms with E-state index in [2.05, 4.69) is 0 Å². The number of alkyl halides is 3. The van der Waals surface area contributed by atoms with Crippen LogP contribution in [0.4, 0.5) is 17.6 Å². The molecule has 21 heavy (non-hydrogen) atoms. The van der Waals surface area contributed by atoms with Gasteiger partial charge in [0.2, 0.25) is 0 Å². The fourth-order valence-electron chi connectivity index (χ4n) is 1.71. The number of carboxylic acid groups (broad SMARTS) is 1. The Bertz CT molecular complexity index is 543. The van der Waals surface area contributed by atoms with Crippen molar-refractivity contribution in [3.63, 3.8) is 0 Å². The monoisotopic (exact) mass is 307 g/mol. The summed E-state index contributed by atoms with van der Waals surface area (Å²) in [6.07, 6.45) is -4.42. The first-order valence-corrected chi connectivity index (χ1v) is 6.07. The molecule has 2 N–H and O–H groups in total. The van der Waals surface area contributed by atoms with Crippen molar-refractivity contribution >= 4 is 11.9 Å². The number of carbonyl (C=O) groups excluding carboxylic acids is 1. The minimum atomic E-state index is -4.93. The summed E-state index contributed by atoms with van der Waals surface area (Å²) < 4.78 is 51.3. The third-order valence-corrected chi connectivity index (χ3v) is 2.73. The van der Waals surface area contributed by atoms with Gasteiger partial charge in [-0.15, -0.1) is 0 Å². The van der Waals surface area contributed by atoms with E-state index in [1.54, 1.807) is 6.92 Å². The van der Waals surface area contributed by atoms with Gasteiger partial charge in [-0.3, -0.25) is 4.79 Å². The van der Waals surface area contributed by atoms with E-state index in [1.807, 2.05) is 5.32 Å². The summed E-state index contributed by atoms with van der Waals surface area (Å²) in [5.74, 6) is -4.25. The summed E-state index contributed by atoms with van der Waals surface area (Å²) in [6.45, 7) is 1.67. The molecule has 0 saturated carbocycles. The lowest BCUT2D eigenvalue weighted by Gasteiger charge is -2.15. The van der Waals surface area contributed by atoms with E-state index in [-0.39, 0.29) is 6.42 Å². The van der Waals surface area contributed by atoms with Gasteiger partial charge < -0.3 is 10.4 Å². The zero-order valence-corrected chi connectivity index (χ0v) is 11.0. The Morgan fingerprint density at radius 3 is 2.43 bits per heavy atom. The molecule has 0 aliphatic heterocycles. The largest absolute Gasteiger partial charge is 0.480 e. The molecular weight excluding hydrogens is 294 g/mol. The molecule has 116 valence electrons. The van der Waals surface area contributed by atoms with E-state index in [9.17, 15) is 27.2 Å². The second-order valence-corrected chi connectivity index (χ2v) is 4.32. The standard InChI is InChI=1S/C13H13F4NO3/c1-2-4-9(12(20)21)18-11(19)7-5-3-6-8(10(7)14)13(15,16)17/h3,5-6,9H,2,4H2,1H3,(H,18,19)(H,20,21)/t9-/m0/s1. The number of carbonyl (C=O) groups is 2. The normalized spacial score (nSPS) is 12.8. The molecule has 0 bridgehead atoms. The van der Waals surface area contributed by atoms with Crippen LogP contribution in [0.5, 0.6) is 0 Å². The zero-order valence-electron chi connectivity index (χ0n) is 11.0. The van der Waals surface area contributed by atoms with E-state index in [1.165, 1.54) is 0 Å². The van der Waals surface area contributed by atoms with Crippen LogP contribution < -0.4 is 5.32 Å². The van der Waals surface area contributed by atoms with Crippen molar-refractivity contribution in [2.24, 2.45) is 0 Å². The van der Waals surface area contributed by atoms with Crippen LogP contribution in [-0.2, 0) is 11.0 Å². The van der Waals surface area contributed by atoms with Crippen molar-refractivity contribution in [2.75, 3.05) is 0 Å². The third kappa shape index (κ3) is 4.17. The summed E-state index contributed by atoms with van der Waals surface area (Å²) >= 11 is 0. The smallest absolute Gasteiger partial charge is 0.419 e. The van der Waals surface area contributed by atoms with Gasteiger partial charge in [-0.25, -0.2) is 9.18 Å². The molecule has 0 aliphatic rings. The minimum absolute atomic E-state index is 0.0850. The summed E-state index contributed by atoms with van der Waals surface area (Å²) in [5, 5.41) is 10.9. The highest BCUT2D eigenvalue weighted by Crippen LogP contribution is 2.32. The zero-order chi connectivity index (χ0) is 16.2. The molecule has 0 radical (unpaired) electrons. The SMILES string of the molecule is CCC[C@H](NC(=O)c1cccc(C(F)(F)F)c1F)C(=O)O. The van der Waals surface area contributed by atoms with E-state index < -0.39 is 41.0 Å². The fraction of sp³-hybridized carbons (Fsp3) is 0.385. The van der Waals surface area contributed by atoms with Crippen LogP contribution >= 0.6 is 0 Å². The first kappa shape index (κ1) is 16.9. The average Bonchev–Trinajstić information content (AvgIpc) is 2.36. The van der Waals surface area contributed by atoms with Gasteiger partial charge in [0, 0.05) is 0 Å². The van der Waals surface area contributed by atoms with Crippen molar-refractivity contribution in [2.45, 2.75) is 32.0 Å². The molecule has 0 unspecified atom stereocenters. The molecule has 1 rings (SSSR count). The summed E-state index contributed by atoms with van der Waals surface area (Å²) in [6, 6.07) is 0.977. The lowest BCUT2D eigenvalue weighted by atomic mass is 10.1. The maximum Gasteiger partial charge on any atom is 0.419 e. The summed E-state index contributed by atoms with van der Waals surface area (Å²) in [5.41, 5.74) is -2.41. The number of halogens is 4. The Labute approximate surface area is 117 Å². The molecule has 1 atom stereocenters. The molecule has 0 spiro atoms. The van der Waals surface area contributed by atoms with Gasteiger partial charge in [-0.2, -0.15) is 13.2 Å². The second kappa shape index (κ2) is 6.55. The van der Waals surface area contributed by atoms with Gasteiger partial charge >= 0.3 is 12.1 Å². The first-order valence-electron chi connectivity index (χ1n) is 6.07. The van der Waals surface area contributed by atoms with Gasteiger partial charge in [0.25, 0.3) is 5.91 Å². The molecular formula is C13H13F4NO3. The molecule has 0 heterocycles. The Kier molecular flexibility index (Phi) is 5.28. The van der Waals surface area contributed by atoms with Crippen LogP contribution in [0, 0.1) is 5.82 Å². The van der Waals surface area contributed by atoms with Gasteiger partial charge in [0.15, 0.2) is 0 Å². The minimum Gasteiger partial charge on any atom is -0.480 e. The number of aliphatic carboxylic acids is 1. The average molecular weight is 307 g/mol. The van der Waals surface area contributed by atoms with Crippen molar-refractivity contribution in [3.8, 4) is 0 Å². The van der Waals surface area contributed by atoms with E-state index in [0.29, 0.717) is 12.5 Å². The van der Waals surface area contributed by atoms with Crippen LogP contribution in [0.25, 0.3) is 0 Å². The number of carboxylic acids is 1. The van der Waals surface area contributed by atoms with E-state index in [4.69, 9.17) is 5.11 Å². The van der Waals surface area contributed by atoms with Crippen LogP contribution in [0.1, 0.15) is 35.7 Å². The van der Waals surface area contributed by atoms with Crippen molar-refractivity contribution in [3.05, 3.63) is 35.1 Å². The molecule has 0 saturated heterocycles. The third-order valence-electron chi connectivity index (χ3n) is 2.73. The van der Waals surface area contributed by atoms with Gasteiger partial charge in [0.1, 0.15) is 11.9 Å². The molecule has 4 nitrogen and oxygen atoms in total. The predicted octanol–water partition coefficient (Wildman–Crippen LogP) is 2.83. The van der Waals surface area contributed by atoms with Crippen LogP contribution in [0.3, 0.4) is 0 Å². The Balaban J connectivity index is 3.06. The number of benzene rings is 1. The maximum absolute atomic E-state index is 13.7. The van der Waals surface area contributed by atoms with Crippen LogP contribution in [0.15, 0.2) is 18.2 Å². The Morgan fingerprint density at radius 1 is 1.33 bits per heavy atom.